The summed E-state index contributed by atoms with van der Waals surface area (Å²) in [6, 6.07) is 13.5. The van der Waals surface area contributed by atoms with E-state index in [9.17, 15) is 0 Å². The molecule has 3 aromatic rings. The number of hydrogen-bond donors (Lipinski definition) is 0. The summed E-state index contributed by atoms with van der Waals surface area (Å²) in [5, 5.41) is 10.7. The normalized spacial score (nSPS) is 9.71. The molecule has 0 amide bonds. The number of thiazole rings is 1. The summed E-state index contributed by atoms with van der Waals surface area (Å²) in [5.74, 6) is 6.33. The lowest BCUT2D eigenvalue weighted by molar-refractivity contribution is 0.290. The molecule has 0 bridgehead atoms. The topological polar surface area (TPSA) is 47.9 Å². The van der Waals surface area contributed by atoms with Crippen molar-refractivity contribution >= 4 is 11.3 Å². The molecule has 5 heteroatoms. The maximum absolute atomic E-state index is 5.57. The molecule has 0 aliphatic heterocycles. The fourth-order valence-corrected chi connectivity index (χ4v) is 2.08. The van der Waals surface area contributed by atoms with Crippen LogP contribution in [0.1, 0.15) is 16.3 Å². The van der Waals surface area contributed by atoms with Crippen LogP contribution in [0.3, 0.4) is 0 Å². The second kappa shape index (κ2) is 6.64. The Bertz CT molecular complexity index is 744. The fourth-order valence-electron chi connectivity index (χ4n) is 1.60. The first kappa shape index (κ1) is 13.3. The number of hydrogen-bond acceptors (Lipinski definition) is 5. The van der Waals surface area contributed by atoms with E-state index in [0.29, 0.717) is 18.2 Å². The van der Waals surface area contributed by atoms with E-state index in [1.807, 2.05) is 35.7 Å². The standard InChI is InChI=1S/C16H11N3OS/c1-2-4-13(5-3-1)12-20-15-8-6-14(18-19-15)7-9-16-17-10-11-21-16/h1-6,8,10-11H,12H2. The minimum absolute atomic E-state index is 0.472. The van der Waals surface area contributed by atoms with Gasteiger partial charge in [-0.05, 0) is 23.5 Å². The molecule has 0 aliphatic rings. The summed E-state index contributed by atoms with van der Waals surface area (Å²) in [6.45, 7) is 0.472. The van der Waals surface area contributed by atoms with Gasteiger partial charge in [-0.2, -0.15) is 0 Å². The highest BCUT2D eigenvalue weighted by molar-refractivity contribution is 7.10. The highest BCUT2D eigenvalue weighted by Crippen LogP contribution is 2.08. The second-order valence-corrected chi connectivity index (χ2v) is 5.01. The van der Waals surface area contributed by atoms with Crippen molar-refractivity contribution in [2.24, 2.45) is 0 Å². The minimum atomic E-state index is 0.472. The molecule has 0 atom stereocenters. The van der Waals surface area contributed by atoms with Crippen molar-refractivity contribution in [3.8, 4) is 17.7 Å². The molecule has 0 aliphatic carbocycles. The van der Waals surface area contributed by atoms with Gasteiger partial charge in [0.15, 0.2) is 5.01 Å². The van der Waals surface area contributed by atoms with Gasteiger partial charge in [0.2, 0.25) is 5.88 Å². The molecule has 0 N–H and O–H groups in total. The van der Waals surface area contributed by atoms with Gasteiger partial charge in [0.05, 0.1) is 0 Å². The van der Waals surface area contributed by atoms with Gasteiger partial charge in [-0.1, -0.05) is 30.3 Å². The number of ether oxygens (including phenoxy) is 1. The molecule has 0 radical (unpaired) electrons. The summed E-state index contributed by atoms with van der Waals surface area (Å²) < 4.78 is 5.57. The van der Waals surface area contributed by atoms with Crippen molar-refractivity contribution in [1.82, 2.24) is 15.2 Å². The molecule has 0 saturated heterocycles. The molecule has 0 fully saturated rings. The van der Waals surface area contributed by atoms with E-state index >= 15 is 0 Å². The van der Waals surface area contributed by atoms with Crippen LogP contribution in [0.2, 0.25) is 0 Å². The quantitative estimate of drug-likeness (QED) is 0.697. The monoisotopic (exact) mass is 293 g/mol. The molecule has 2 aromatic heterocycles. The van der Waals surface area contributed by atoms with E-state index in [1.54, 1.807) is 18.3 Å². The maximum atomic E-state index is 5.57. The Morgan fingerprint density at radius 2 is 1.90 bits per heavy atom. The largest absolute Gasteiger partial charge is 0.472 e. The van der Waals surface area contributed by atoms with Gasteiger partial charge < -0.3 is 4.74 Å². The maximum Gasteiger partial charge on any atom is 0.233 e. The van der Waals surface area contributed by atoms with Gasteiger partial charge in [0, 0.05) is 17.6 Å². The molecule has 102 valence electrons. The highest BCUT2D eigenvalue weighted by Gasteiger charge is 1.98. The molecule has 0 unspecified atom stereocenters. The van der Waals surface area contributed by atoms with Crippen LogP contribution in [0.4, 0.5) is 0 Å². The van der Waals surface area contributed by atoms with E-state index in [4.69, 9.17) is 4.74 Å². The first-order valence-corrected chi connectivity index (χ1v) is 7.20. The lowest BCUT2D eigenvalue weighted by Gasteiger charge is -2.03. The molecule has 0 saturated carbocycles. The SMILES string of the molecule is C(#Cc1nccs1)c1ccc(OCc2ccccc2)nn1. The van der Waals surface area contributed by atoms with Crippen molar-refractivity contribution < 1.29 is 4.74 Å². The predicted octanol–water partition coefficient (Wildman–Crippen LogP) is 2.91. The number of nitrogens with zero attached hydrogens (tertiary/aromatic N) is 3. The zero-order chi connectivity index (χ0) is 14.3. The zero-order valence-electron chi connectivity index (χ0n) is 11.1. The Hall–Kier alpha value is -2.71. The van der Waals surface area contributed by atoms with Gasteiger partial charge in [0.25, 0.3) is 0 Å². The lowest BCUT2D eigenvalue weighted by atomic mass is 10.2. The summed E-state index contributed by atoms with van der Waals surface area (Å²) in [5.41, 5.74) is 1.68. The molecule has 21 heavy (non-hydrogen) atoms. The third-order valence-corrected chi connectivity index (χ3v) is 3.29. The Balaban J connectivity index is 1.62. The Kier molecular flexibility index (Phi) is 4.20. The number of benzene rings is 1. The van der Waals surface area contributed by atoms with Gasteiger partial charge in [0.1, 0.15) is 12.3 Å². The molecule has 1 aromatic carbocycles. The Morgan fingerprint density at radius 1 is 1.00 bits per heavy atom. The van der Waals surface area contributed by atoms with Crippen LogP contribution in [-0.4, -0.2) is 15.2 Å². The van der Waals surface area contributed by atoms with Crippen molar-refractivity contribution in [3.63, 3.8) is 0 Å². The van der Waals surface area contributed by atoms with Gasteiger partial charge in [-0.3, -0.25) is 0 Å². The van der Waals surface area contributed by atoms with E-state index < -0.39 is 0 Å². The second-order valence-electron chi connectivity index (χ2n) is 4.12. The fraction of sp³-hybridized carbons (Fsp3) is 0.0625. The average Bonchev–Trinajstić information content (AvgIpc) is 3.06. The van der Waals surface area contributed by atoms with Crippen LogP contribution in [-0.2, 0) is 6.61 Å². The van der Waals surface area contributed by atoms with Crippen LogP contribution < -0.4 is 4.74 Å². The van der Waals surface area contributed by atoms with E-state index in [-0.39, 0.29) is 0 Å². The molecular formula is C16H11N3OS. The van der Waals surface area contributed by atoms with Crippen LogP contribution >= 0.6 is 11.3 Å². The summed E-state index contributed by atoms with van der Waals surface area (Å²) in [6.07, 6.45) is 1.72. The van der Waals surface area contributed by atoms with E-state index in [0.717, 1.165) is 10.6 Å². The number of aromatic nitrogens is 3. The summed E-state index contributed by atoms with van der Waals surface area (Å²) in [7, 11) is 0. The highest BCUT2D eigenvalue weighted by atomic mass is 32.1. The van der Waals surface area contributed by atoms with E-state index in [2.05, 4.69) is 27.0 Å². The molecular weight excluding hydrogens is 282 g/mol. The van der Waals surface area contributed by atoms with Crippen molar-refractivity contribution in [2.45, 2.75) is 6.61 Å². The summed E-state index contributed by atoms with van der Waals surface area (Å²) in [4.78, 5) is 4.08. The predicted molar refractivity (Wildman–Crippen MR) is 80.9 cm³/mol. The zero-order valence-corrected chi connectivity index (χ0v) is 11.9. The Morgan fingerprint density at radius 3 is 2.62 bits per heavy atom. The molecule has 4 nitrogen and oxygen atoms in total. The molecule has 2 heterocycles. The summed E-state index contributed by atoms with van der Waals surface area (Å²) >= 11 is 1.49. The van der Waals surface area contributed by atoms with Gasteiger partial charge >= 0.3 is 0 Å². The molecule has 3 rings (SSSR count). The first-order chi connectivity index (χ1) is 10.4. The van der Waals surface area contributed by atoms with Crippen LogP contribution in [0, 0.1) is 11.8 Å². The third kappa shape index (κ3) is 3.88. The van der Waals surface area contributed by atoms with Crippen LogP contribution in [0.15, 0.2) is 54.0 Å². The number of rotatable bonds is 3. The first-order valence-electron chi connectivity index (χ1n) is 6.32. The average molecular weight is 293 g/mol. The van der Waals surface area contributed by atoms with Crippen LogP contribution in [0.5, 0.6) is 5.88 Å². The lowest BCUT2D eigenvalue weighted by Crippen LogP contribution is -1.98. The third-order valence-electron chi connectivity index (χ3n) is 2.60. The smallest absolute Gasteiger partial charge is 0.233 e. The Labute approximate surface area is 126 Å². The van der Waals surface area contributed by atoms with Crippen LogP contribution in [0.25, 0.3) is 0 Å². The minimum Gasteiger partial charge on any atom is -0.472 e. The van der Waals surface area contributed by atoms with Gasteiger partial charge in [-0.15, -0.1) is 21.5 Å². The van der Waals surface area contributed by atoms with E-state index in [1.165, 1.54) is 11.3 Å². The van der Waals surface area contributed by atoms with Crippen molar-refractivity contribution in [2.75, 3.05) is 0 Å². The molecule has 0 spiro atoms. The van der Waals surface area contributed by atoms with Crippen molar-refractivity contribution in [1.29, 1.82) is 0 Å². The van der Waals surface area contributed by atoms with Gasteiger partial charge in [-0.25, -0.2) is 4.98 Å². The van der Waals surface area contributed by atoms with Crippen molar-refractivity contribution in [3.05, 3.63) is 70.3 Å².